The molecule has 1 nitrogen and oxygen atoms in total. The first-order chi connectivity index (χ1) is 5.77. The minimum Gasteiger partial charge on any atom is -0.396 e. The van der Waals surface area contributed by atoms with Crippen LogP contribution in [0.15, 0.2) is 15.9 Å². The monoisotopic (exact) mass is 248 g/mol. The normalized spacial score (nSPS) is 13.2. The molecule has 0 saturated carbocycles. The standard InChI is InChI=1S/C9H13BrOS/c1-2-7(6-11)5-9-8(10)3-4-12-9/h3-4,7,11H,2,5-6H2,1H3. The fourth-order valence-corrected chi connectivity index (χ4v) is 2.70. The molecule has 68 valence electrons. The zero-order valence-electron chi connectivity index (χ0n) is 7.09. The first-order valence-corrected chi connectivity index (χ1v) is 5.78. The van der Waals surface area contributed by atoms with Gasteiger partial charge in [0.15, 0.2) is 0 Å². The molecule has 1 unspecified atom stereocenters. The third kappa shape index (κ3) is 2.57. The van der Waals surface area contributed by atoms with Gasteiger partial charge in [-0.15, -0.1) is 11.3 Å². The van der Waals surface area contributed by atoms with Gasteiger partial charge in [-0.05, 0) is 39.7 Å². The molecule has 0 aromatic carbocycles. The highest BCUT2D eigenvalue weighted by molar-refractivity contribution is 9.10. The predicted molar refractivity (Wildman–Crippen MR) is 56.6 cm³/mol. The second-order valence-electron chi connectivity index (χ2n) is 2.85. The van der Waals surface area contributed by atoms with Crippen molar-refractivity contribution in [2.45, 2.75) is 19.8 Å². The van der Waals surface area contributed by atoms with E-state index in [-0.39, 0.29) is 0 Å². The molecule has 1 aromatic heterocycles. The molecule has 0 aliphatic heterocycles. The summed E-state index contributed by atoms with van der Waals surface area (Å²) in [5.74, 6) is 0.417. The fraction of sp³-hybridized carbons (Fsp3) is 0.556. The van der Waals surface area contributed by atoms with E-state index in [9.17, 15) is 0 Å². The topological polar surface area (TPSA) is 20.2 Å². The smallest absolute Gasteiger partial charge is 0.0462 e. The summed E-state index contributed by atoms with van der Waals surface area (Å²) in [4.78, 5) is 1.34. The Labute approximate surface area is 85.6 Å². The van der Waals surface area contributed by atoms with Crippen molar-refractivity contribution in [3.8, 4) is 0 Å². The van der Waals surface area contributed by atoms with Crippen molar-refractivity contribution >= 4 is 27.3 Å². The van der Waals surface area contributed by atoms with Crippen molar-refractivity contribution in [1.82, 2.24) is 0 Å². The average Bonchev–Trinajstić information content (AvgIpc) is 2.47. The molecule has 0 bridgehead atoms. The van der Waals surface area contributed by atoms with Crippen LogP contribution >= 0.6 is 27.3 Å². The van der Waals surface area contributed by atoms with Crippen LogP contribution in [0.2, 0.25) is 0 Å². The lowest BCUT2D eigenvalue weighted by molar-refractivity contribution is 0.222. The minimum atomic E-state index is 0.292. The summed E-state index contributed by atoms with van der Waals surface area (Å²) >= 11 is 5.23. The molecule has 1 rings (SSSR count). The molecular weight excluding hydrogens is 236 g/mol. The van der Waals surface area contributed by atoms with E-state index in [1.54, 1.807) is 11.3 Å². The SMILES string of the molecule is CCC(CO)Cc1sccc1Br. The van der Waals surface area contributed by atoms with E-state index >= 15 is 0 Å². The van der Waals surface area contributed by atoms with Gasteiger partial charge in [-0.25, -0.2) is 0 Å². The Morgan fingerprint density at radius 2 is 2.42 bits per heavy atom. The zero-order chi connectivity index (χ0) is 8.97. The summed E-state index contributed by atoms with van der Waals surface area (Å²) in [6.45, 7) is 2.41. The zero-order valence-corrected chi connectivity index (χ0v) is 9.49. The third-order valence-corrected chi connectivity index (χ3v) is 3.95. The van der Waals surface area contributed by atoms with Gasteiger partial charge in [-0.3, -0.25) is 0 Å². The van der Waals surface area contributed by atoms with Gasteiger partial charge < -0.3 is 5.11 Å². The van der Waals surface area contributed by atoms with E-state index in [4.69, 9.17) is 5.11 Å². The predicted octanol–water partition coefficient (Wildman–Crippen LogP) is 3.07. The molecular formula is C9H13BrOS. The van der Waals surface area contributed by atoms with Gasteiger partial charge in [0.1, 0.15) is 0 Å². The molecule has 0 radical (unpaired) electrons. The molecule has 0 aliphatic carbocycles. The lowest BCUT2D eigenvalue weighted by atomic mass is 10.0. The molecule has 0 fully saturated rings. The second kappa shape index (κ2) is 5.00. The Balaban J connectivity index is 2.56. The van der Waals surface area contributed by atoms with Gasteiger partial charge in [-0.1, -0.05) is 13.3 Å². The molecule has 0 spiro atoms. The lowest BCUT2D eigenvalue weighted by Gasteiger charge is -2.09. The van der Waals surface area contributed by atoms with E-state index in [2.05, 4.69) is 34.3 Å². The molecule has 0 aliphatic rings. The van der Waals surface area contributed by atoms with Crippen LogP contribution in [-0.4, -0.2) is 11.7 Å². The van der Waals surface area contributed by atoms with Crippen molar-refractivity contribution in [2.24, 2.45) is 5.92 Å². The van der Waals surface area contributed by atoms with E-state index in [1.165, 1.54) is 9.35 Å². The van der Waals surface area contributed by atoms with E-state index < -0.39 is 0 Å². The number of thiophene rings is 1. The van der Waals surface area contributed by atoms with Crippen LogP contribution in [-0.2, 0) is 6.42 Å². The van der Waals surface area contributed by atoms with Crippen molar-refractivity contribution in [1.29, 1.82) is 0 Å². The second-order valence-corrected chi connectivity index (χ2v) is 4.71. The van der Waals surface area contributed by atoms with Gasteiger partial charge in [0.05, 0.1) is 0 Å². The molecule has 0 saturated heterocycles. The third-order valence-electron chi connectivity index (χ3n) is 2.00. The molecule has 1 heterocycles. The summed E-state index contributed by atoms with van der Waals surface area (Å²) in [6.07, 6.45) is 2.03. The van der Waals surface area contributed by atoms with Crippen LogP contribution in [0.1, 0.15) is 18.2 Å². The molecule has 1 atom stereocenters. The average molecular weight is 249 g/mol. The van der Waals surface area contributed by atoms with Crippen molar-refractivity contribution in [3.63, 3.8) is 0 Å². The summed E-state index contributed by atoms with van der Waals surface area (Å²) in [5.41, 5.74) is 0. The maximum atomic E-state index is 9.01. The number of halogens is 1. The van der Waals surface area contributed by atoms with Gasteiger partial charge in [-0.2, -0.15) is 0 Å². The van der Waals surface area contributed by atoms with Crippen molar-refractivity contribution in [2.75, 3.05) is 6.61 Å². The van der Waals surface area contributed by atoms with E-state index in [1.807, 2.05) is 0 Å². The van der Waals surface area contributed by atoms with Crippen molar-refractivity contribution in [3.05, 3.63) is 20.8 Å². The van der Waals surface area contributed by atoms with Crippen LogP contribution in [0.25, 0.3) is 0 Å². The maximum absolute atomic E-state index is 9.01. The number of aliphatic hydroxyl groups is 1. The van der Waals surface area contributed by atoms with Gasteiger partial charge in [0, 0.05) is 16.0 Å². The van der Waals surface area contributed by atoms with Crippen LogP contribution in [0, 0.1) is 5.92 Å². The Kier molecular flexibility index (Phi) is 4.26. The van der Waals surface area contributed by atoms with Crippen molar-refractivity contribution < 1.29 is 5.11 Å². The highest BCUT2D eigenvalue weighted by Gasteiger charge is 2.09. The Hall–Kier alpha value is 0.140. The van der Waals surface area contributed by atoms with Gasteiger partial charge in [0.25, 0.3) is 0 Å². The Bertz CT molecular complexity index is 230. The van der Waals surface area contributed by atoms with Crippen LogP contribution in [0.5, 0.6) is 0 Å². The number of hydrogen-bond acceptors (Lipinski definition) is 2. The molecule has 0 amide bonds. The summed E-state index contributed by atoms with van der Waals surface area (Å²) < 4.78 is 1.18. The Morgan fingerprint density at radius 1 is 1.67 bits per heavy atom. The first kappa shape index (κ1) is 10.2. The van der Waals surface area contributed by atoms with Gasteiger partial charge in [0.2, 0.25) is 0 Å². The lowest BCUT2D eigenvalue weighted by Crippen LogP contribution is -2.07. The molecule has 12 heavy (non-hydrogen) atoms. The molecule has 3 heteroatoms. The van der Waals surface area contributed by atoms with Crippen LogP contribution in [0.3, 0.4) is 0 Å². The largest absolute Gasteiger partial charge is 0.396 e. The highest BCUT2D eigenvalue weighted by Crippen LogP contribution is 2.26. The van der Waals surface area contributed by atoms with Crippen LogP contribution < -0.4 is 0 Å². The van der Waals surface area contributed by atoms with Crippen LogP contribution in [0.4, 0.5) is 0 Å². The Morgan fingerprint density at radius 3 is 2.83 bits per heavy atom. The number of rotatable bonds is 4. The fourth-order valence-electron chi connectivity index (χ4n) is 1.07. The maximum Gasteiger partial charge on any atom is 0.0462 e. The summed E-state index contributed by atoms with van der Waals surface area (Å²) in [6, 6.07) is 2.06. The minimum absolute atomic E-state index is 0.292. The number of aliphatic hydroxyl groups excluding tert-OH is 1. The highest BCUT2D eigenvalue weighted by atomic mass is 79.9. The molecule has 1 aromatic rings. The summed E-state index contributed by atoms with van der Waals surface area (Å²) in [5, 5.41) is 11.1. The quantitative estimate of drug-likeness (QED) is 0.869. The first-order valence-electron chi connectivity index (χ1n) is 4.10. The van der Waals surface area contributed by atoms with E-state index in [0.29, 0.717) is 12.5 Å². The van der Waals surface area contributed by atoms with E-state index in [0.717, 1.165) is 12.8 Å². The number of hydrogen-bond donors (Lipinski definition) is 1. The summed E-state index contributed by atoms with van der Waals surface area (Å²) in [7, 11) is 0. The molecule has 1 N–H and O–H groups in total. The van der Waals surface area contributed by atoms with Gasteiger partial charge >= 0.3 is 0 Å².